The van der Waals surface area contributed by atoms with Gasteiger partial charge in [-0.3, -0.25) is 9.59 Å². The number of benzene rings is 1. The van der Waals surface area contributed by atoms with Crippen molar-refractivity contribution in [3.63, 3.8) is 0 Å². The lowest BCUT2D eigenvalue weighted by molar-refractivity contribution is -0.124. The van der Waals surface area contributed by atoms with Crippen molar-refractivity contribution in [2.75, 3.05) is 7.05 Å². The number of aliphatic hydroxyl groups is 1. The predicted molar refractivity (Wildman–Crippen MR) is 100 cm³/mol. The Morgan fingerprint density at radius 3 is 2.38 bits per heavy atom. The molecule has 1 aromatic carbocycles. The molecule has 6 heteroatoms. The Labute approximate surface area is 152 Å². The van der Waals surface area contributed by atoms with Gasteiger partial charge in [0.1, 0.15) is 11.8 Å². The fourth-order valence-corrected chi connectivity index (χ4v) is 2.23. The normalized spacial score (nSPS) is 13.7. The van der Waals surface area contributed by atoms with Crippen LogP contribution in [0.3, 0.4) is 0 Å². The minimum Gasteiger partial charge on any atom is -0.465 e. The van der Waals surface area contributed by atoms with E-state index in [1.54, 1.807) is 30.5 Å². The maximum atomic E-state index is 12.2. The number of hydrogen-bond donors (Lipinski definition) is 3. The first-order valence-electron chi connectivity index (χ1n) is 8.20. The maximum absolute atomic E-state index is 12.2. The van der Waals surface area contributed by atoms with Gasteiger partial charge < -0.3 is 20.2 Å². The third kappa shape index (κ3) is 5.46. The monoisotopic (exact) mass is 354 g/mol. The van der Waals surface area contributed by atoms with Crippen molar-refractivity contribution in [1.29, 1.82) is 0 Å². The quantitative estimate of drug-likeness (QED) is 0.665. The van der Waals surface area contributed by atoms with Crippen molar-refractivity contribution < 1.29 is 19.1 Å². The summed E-state index contributed by atoms with van der Waals surface area (Å²) in [6.45, 7) is 1.45. The first-order valence-corrected chi connectivity index (χ1v) is 8.20. The van der Waals surface area contributed by atoms with Gasteiger partial charge in [-0.15, -0.1) is 0 Å². The molecule has 26 heavy (non-hydrogen) atoms. The molecular formula is C20H22N2O4. The third-order valence-electron chi connectivity index (χ3n) is 3.67. The smallest absolute Gasteiger partial charge is 0.252 e. The Hall–Kier alpha value is -3.12. The average molecular weight is 354 g/mol. The third-order valence-corrected chi connectivity index (χ3v) is 3.67. The molecule has 0 saturated heterocycles. The molecule has 0 unspecified atom stereocenters. The number of hydrogen-bond acceptors (Lipinski definition) is 4. The van der Waals surface area contributed by atoms with Crippen molar-refractivity contribution >= 4 is 24.0 Å². The van der Waals surface area contributed by atoms with Crippen LogP contribution < -0.4 is 10.6 Å². The van der Waals surface area contributed by atoms with Crippen molar-refractivity contribution in [3.8, 4) is 0 Å². The lowest BCUT2D eigenvalue weighted by Crippen LogP contribution is -2.51. The number of allylic oxidation sites excluding steroid dienone is 2. The van der Waals surface area contributed by atoms with Crippen LogP contribution >= 0.6 is 0 Å². The molecule has 0 saturated carbocycles. The second-order valence-corrected chi connectivity index (χ2v) is 5.66. The lowest BCUT2D eigenvalue weighted by Gasteiger charge is -2.19. The molecule has 0 fully saturated rings. The van der Waals surface area contributed by atoms with Gasteiger partial charge in [0, 0.05) is 12.6 Å². The zero-order valence-corrected chi connectivity index (χ0v) is 14.7. The largest absolute Gasteiger partial charge is 0.465 e. The van der Waals surface area contributed by atoms with Crippen LogP contribution in [0.1, 0.15) is 28.6 Å². The van der Waals surface area contributed by atoms with Gasteiger partial charge in [-0.25, -0.2) is 0 Å². The van der Waals surface area contributed by atoms with Crippen molar-refractivity contribution in [1.82, 2.24) is 10.6 Å². The minimum absolute atomic E-state index is 0.405. The molecule has 0 aliphatic heterocycles. The van der Waals surface area contributed by atoms with Crippen molar-refractivity contribution in [3.05, 3.63) is 71.7 Å². The number of aliphatic hydroxyl groups excluding tert-OH is 1. The van der Waals surface area contributed by atoms with Crippen LogP contribution in [0.15, 0.2) is 59.2 Å². The Kier molecular flexibility index (Phi) is 6.93. The Morgan fingerprint density at radius 1 is 1.12 bits per heavy atom. The molecule has 2 atom stereocenters. The van der Waals surface area contributed by atoms with Gasteiger partial charge in [0.25, 0.3) is 5.91 Å². The van der Waals surface area contributed by atoms with E-state index in [0.717, 1.165) is 11.3 Å². The predicted octanol–water partition coefficient (Wildman–Crippen LogP) is 2.23. The summed E-state index contributed by atoms with van der Waals surface area (Å²) in [5.74, 6) is -0.102. The number of rotatable bonds is 7. The summed E-state index contributed by atoms with van der Waals surface area (Å²) in [6, 6.07) is 9.59. The molecular weight excluding hydrogens is 332 g/mol. The van der Waals surface area contributed by atoms with Gasteiger partial charge in [0.05, 0.1) is 12.4 Å². The summed E-state index contributed by atoms with van der Waals surface area (Å²) in [4.78, 5) is 23.9. The van der Waals surface area contributed by atoms with Crippen molar-refractivity contribution in [2.45, 2.75) is 19.1 Å². The average Bonchev–Trinajstić information content (AvgIpc) is 3.16. The summed E-state index contributed by atoms with van der Waals surface area (Å²) in [6.07, 6.45) is 8.07. The van der Waals surface area contributed by atoms with Gasteiger partial charge in [0.2, 0.25) is 5.91 Å². The van der Waals surface area contributed by atoms with Crippen molar-refractivity contribution in [2.24, 2.45) is 0 Å². The van der Waals surface area contributed by atoms with E-state index in [9.17, 15) is 14.7 Å². The van der Waals surface area contributed by atoms with E-state index in [1.165, 1.54) is 14.0 Å². The van der Waals surface area contributed by atoms with Crippen LogP contribution in [-0.2, 0) is 4.79 Å². The first kappa shape index (κ1) is 19.2. The zero-order valence-electron chi connectivity index (χ0n) is 14.7. The summed E-state index contributed by atoms with van der Waals surface area (Å²) in [5.41, 5.74) is 1.33. The topological polar surface area (TPSA) is 91.6 Å². The molecule has 2 aromatic rings. The molecule has 0 aliphatic carbocycles. The SMILES string of the molecule is CNC(=O)[C@@H](NC(=O)c1ccc(/C=C/C=C/c2ccco2)cc1)[C@@H](C)O. The number of carbonyl (C=O) groups excluding carboxylic acids is 2. The number of amides is 2. The van der Waals surface area contributed by atoms with Crippen LogP contribution in [0.5, 0.6) is 0 Å². The highest BCUT2D eigenvalue weighted by molar-refractivity contribution is 5.97. The number of furan rings is 1. The number of carbonyl (C=O) groups is 2. The Morgan fingerprint density at radius 2 is 1.81 bits per heavy atom. The minimum atomic E-state index is -1.00. The van der Waals surface area contributed by atoms with Gasteiger partial charge >= 0.3 is 0 Å². The van der Waals surface area contributed by atoms with Crippen LogP contribution in [0.4, 0.5) is 0 Å². The molecule has 0 radical (unpaired) electrons. The second kappa shape index (κ2) is 9.39. The molecule has 0 bridgehead atoms. The van der Waals surface area contributed by atoms with E-state index in [-0.39, 0.29) is 0 Å². The molecule has 1 heterocycles. The van der Waals surface area contributed by atoms with Gasteiger partial charge in [-0.05, 0) is 42.8 Å². The van der Waals surface area contributed by atoms with Crippen LogP contribution in [0.25, 0.3) is 12.2 Å². The molecule has 136 valence electrons. The first-order chi connectivity index (χ1) is 12.5. The maximum Gasteiger partial charge on any atom is 0.252 e. The van der Waals surface area contributed by atoms with E-state index in [1.807, 2.05) is 36.4 Å². The fourth-order valence-electron chi connectivity index (χ4n) is 2.23. The molecule has 1 aromatic heterocycles. The summed E-state index contributed by atoms with van der Waals surface area (Å²) >= 11 is 0. The number of nitrogens with one attached hydrogen (secondary N) is 2. The highest BCUT2D eigenvalue weighted by Gasteiger charge is 2.24. The van der Waals surface area contributed by atoms with E-state index in [0.29, 0.717) is 5.56 Å². The van der Waals surface area contributed by atoms with Crippen LogP contribution in [0.2, 0.25) is 0 Å². The van der Waals surface area contributed by atoms with E-state index in [2.05, 4.69) is 10.6 Å². The molecule has 6 nitrogen and oxygen atoms in total. The molecule has 0 aliphatic rings. The lowest BCUT2D eigenvalue weighted by atomic mass is 10.1. The summed E-state index contributed by atoms with van der Waals surface area (Å²) in [7, 11) is 1.45. The van der Waals surface area contributed by atoms with Gasteiger partial charge in [-0.1, -0.05) is 30.4 Å². The second-order valence-electron chi connectivity index (χ2n) is 5.66. The molecule has 2 rings (SSSR count). The number of likely N-dealkylation sites (N-methyl/N-ethyl adjacent to an activating group) is 1. The molecule has 0 spiro atoms. The van der Waals surface area contributed by atoms with Crippen LogP contribution in [0, 0.1) is 0 Å². The highest BCUT2D eigenvalue weighted by Crippen LogP contribution is 2.08. The standard InChI is InChI=1S/C20H22N2O4/c1-14(23)18(20(25)21-2)22-19(24)16-11-9-15(10-12-16)6-3-4-7-17-8-5-13-26-17/h3-14,18,23H,1-2H3,(H,21,25)(H,22,24)/b6-3+,7-4+/t14-,18+/m1/s1. The Bertz CT molecular complexity index is 775. The van der Waals surface area contributed by atoms with Gasteiger partial charge in [-0.2, -0.15) is 0 Å². The van der Waals surface area contributed by atoms with E-state index < -0.39 is 24.0 Å². The van der Waals surface area contributed by atoms with E-state index >= 15 is 0 Å². The molecule has 2 amide bonds. The molecule has 3 N–H and O–H groups in total. The fraction of sp³-hybridized carbons (Fsp3) is 0.200. The summed E-state index contributed by atoms with van der Waals surface area (Å²) < 4.78 is 5.19. The Balaban J connectivity index is 1.97. The summed E-state index contributed by atoms with van der Waals surface area (Å²) in [5, 5.41) is 14.6. The zero-order chi connectivity index (χ0) is 18.9. The van der Waals surface area contributed by atoms with Gasteiger partial charge in [0.15, 0.2) is 0 Å². The van der Waals surface area contributed by atoms with Crippen LogP contribution in [-0.4, -0.2) is 36.1 Å². The highest BCUT2D eigenvalue weighted by atomic mass is 16.3. The van der Waals surface area contributed by atoms with E-state index in [4.69, 9.17) is 4.42 Å².